The minimum absolute atomic E-state index is 0.00633. The minimum atomic E-state index is -0.0833. The van der Waals surface area contributed by atoms with Gasteiger partial charge in [-0.1, -0.05) is 48.0 Å². The summed E-state index contributed by atoms with van der Waals surface area (Å²) in [7, 11) is 0. The molecule has 5 nitrogen and oxygen atoms in total. The van der Waals surface area contributed by atoms with Crippen LogP contribution in [0.2, 0.25) is 0 Å². The SMILES string of the molecule is CC(=O)N(CCNC(=O)CCOc1ccccc1)Cc1cccc(C)c1. The molecule has 0 aromatic heterocycles. The molecule has 0 aliphatic rings. The van der Waals surface area contributed by atoms with E-state index in [9.17, 15) is 9.59 Å². The summed E-state index contributed by atoms with van der Waals surface area (Å²) in [5, 5.41) is 2.84. The lowest BCUT2D eigenvalue weighted by Gasteiger charge is -2.21. The molecule has 0 saturated carbocycles. The van der Waals surface area contributed by atoms with Gasteiger partial charge in [0.1, 0.15) is 5.75 Å². The number of hydrogen-bond acceptors (Lipinski definition) is 3. The molecule has 2 aromatic carbocycles. The van der Waals surface area contributed by atoms with Crippen LogP contribution in [0.5, 0.6) is 5.75 Å². The summed E-state index contributed by atoms with van der Waals surface area (Å²) in [4.78, 5) is 25.5. The van der Waals surface area contributed by atoms with Crippen LogP contribution in [0.3, 0.4) is 0 Å². The van der Waals surface area contributed by atoms with Gasteiger partial charge in [0.2, 0.25) is 11.8 Å². The Hall–Kier alpha value is -2.82. The second kappa shape index (κ2) is 10.2. The quantitative estimate of drug-likeness (QED) is 0.753. The Morgan fingerprint density at radius 1 is 1.08 bits per heavy atom. The van der Waals surface area contributed by atoms with Gasteiger partial charge in [-0.05, 0) is 24.6 Å². The monoisotopic (exact) mass is 354 g/mol. The Balaban J connectivity index is 1.70. The van der Waals surface area contributed by atoms with Crippen molar-refractivity contribution in [3.63, 3.8) is 0 Å². The van der Waals surface area contributed by atoms with E-state index in [4.69, 9.17) is 4.74 Å². The molecule has 0 aliphatic heterocycles. The van der Waals surface area contributed by atoms with Crippen LogP contribution in [0.4, 0.5) is 0 Å². The van der Waals surface area contributed by atoms with Crippen molar-refractivity contribution in [1.82, 2.24) is 10.2 Å². The number of para-hydroxylation sites is 1. The third-order valence-corrected chi connectivity index (χ3v) is 3.95. The number of rotatable bonds is 9. The van der Waals surface area contributed by atoms with E-state index >= 15 is 0 Å². The smallest absolute Gasteiger partial charge is 0.223 e. The molecule has 0 saturated heterocycles. The fourth-order valence-electron chi connectivity index (χ4n) is 2.58. The molecule has 0 atom stereocenters. The first-order valence-electron chi connectivity index (χ1n) is 8.80. The van der Waals surface area contributed by atoms with E-state index in [1.165, 1.54) is 0 Å². The predicted molar refractivity (Wildman–Crippen MR) is 102 cm³/mol. The second-order valence-electron chi connectivity index (χ2n) is 6.19. The standard InChI is InChI=1S/C21H26N2O3/c1-17-7-6-8-19(15-17)16-23(18(2)24)13-12-22-21(25)11-14-26-20-9-4-3-5-10-20/h3-10,15H,11-14,16H2,1-2H3,(H,22,25). The molecule has 0 aliphatic carbocycles. The van der Waals surface area contributed by atoms with Gasteiger partial charge in [-0.25, -0.2) is 0 Å². The molecule has 0 fully saturated rings. The number of hydrogen-bond donors (Lipinski definition) is 1. The average molecular weight is 354 g/mol. The second-order valence-corrected chi connectivity index (χ2v) is 6.19. The van der Waals surface area contributed by atoms with Crippen LogP contribution in [-0.2, 0) is 16.1 Å². The minimum Gasteiger partial charge on any atom is -0.493 e. The molecule has 0 heterocycles. The van der Waals surface area contributed by atoms with Gasteiger partial charge < -0.3 is 15.0 Å². The number of aryl methyl sites for hydroxylation is 1. The van der Waals surface area contributed by atoms with Gasteiger partial charge >= 0.3 is 0 Å². The summed E-state index contributed by atoms with van der Waals surface area (Å²) in [6.07, 6.45) is 0.285. The maximum absolute atomic E-state index is 11.9. The average Bonchev–Trinajstić information content (AvgIpc) is 2.62. The van der Waals surface area contributed by atoms with Crippen LogP contribution in [0.25, 0.3) is 0 Å². The molecule has 1 N–H and O–H groups in total. The van der Waals surface area contributed by atoms with Gasteiger partial charge in [0.25, 0.3) is 0 Å². The number of carbonyl (C=O) groups is 2. The van der Waals surface area contributed by atoms with Crippen LogP contribution in [-0.4, -0.2) is 36.4 Å². The molecule has 0 spiro atoms. The Morgan fingerprint density at radius 2 is 1.85 bits per heavy atom. The van der Waals surface area contributed by atoms with E-state index in [0.29, 0.717) is 26.2 Å². The van der Waals surface area contributed by atoms with E-state index < -0.39 is 0 Å². The number of benzene rings is 2. The first-order chi connectivity index (χ1) is 12.5. The van der Waals surface area contributed by atoms with Crippen molar-refractivity contribution in [3.05, 3.63) is 65.7 Å². The van der Waals surface area contributed by atoms with Crippen molar-refractivity contribution in [3.8, 4) is 5.75 Å². The molecule has 0 radical (unpaired) electrons. The lowest BCUT2D eigenvalue weighted by atomic mass is 10.1. The Morgan fingerprint density at radius 3 is 2.54 bits per heavy atom. The van der Waals surface area contributed by atoms with Crippen LogP contribution in [0.1, 0.15) is 24.5 Å². The van der Waals surface area contributed by atoms with Gasteiger partial charge in [0.15, 0.2) is 0 Å². The van der Waals surface area contributed by atoms with Gasteiger partial charge in [-0.3, -0.25) is 9.59 Å². The fraction of sp³-hybridized carbons (Fsp3) is 0.333. The van der Waals surface area contributed by atoms with Crippen LogP contribution in [0, 0.1) is 6.92 Å². The number of amides is 2. The zero-order chi connectivity index (χ0) is 18.8. The van der Waals surface area contributed by atoms with Crippen LogP contribution in [0.15, 0.2) is 54.6 Å². The molecule has 5 heteroatoms. The maximum Gasteiger partial charge on any atom is 0.223 e. The summed E-state index contributed by atoms with van der Waals surface area (Å²) < 4.78 is 5.51. The molecule has 0 bridgehead atoms. The topological polar surface area (TPSA) is 58.6 Å². The lowest BCUT2D eigenvalue weighted by molar-refractivity contribution is -0.130. The van der Waals surface area contributed by atoms with Crippen molar-refractivity contribution in [1.29, 1.82) is 0 Å². The first-order valence-corrected chi connectivity index (χ1v) is 8.80. The van der Waals surface area contributed by atoms with E-state index in [2.05, 4.69) is 11.4 Å². The molecule has 2 amide bonds. The maximum atomic E-state index is 11.9. The third-order valence-electron chi connectivity index (χ3n) is 3.95. The highest BCUT2D eigenvalue weighted by Gasteiger charge is 2.10. The predicted octanol–water partition coefficient (Wildman–Crippen LogP) is 2.93. The third kappa shape index (κ3) is 6.97. The first kappa shape index (κ1) is 19.5. The highest BCUT2D eigenvalue weighted by Crippen LogP contribution is 2.09. The van der Waals surface area contributed by atoms with Crippen molar-refractivity contribution in [2.75, 3.05) is 19.7 Å². The highest BCUT2D eigenvalue weighted by atomic mass is 16.5. The van der Waals surface area contributed by atoms with Gasteiger partial charge in [0.05, 0.1) is 13.0 Å². The number of nitrogens with one attached hydrogen (secondary N) is 1. The van der Waals surface area contributed by atoms with Crippen molar-refractivity contribution >= 4 is 11.8 Å². The fourth-order valence-corrected chi connectivity index (χ4v) is 2.58. The van der Waals surface area contributed by atoms with Gasteiger partial charge in [-0.2, -0.15) is 0 Å². The van der Waals surface area contributed by atoms with E-state index in [-0.39, 0.29) is 18.2 Å². The van der Waals surface area contributed by atoms with Gasteiger partial charge in [-0.15, -0.1) is 0 Å². The lowest BCUT2D eigenvalue weighted by Crippen LogP contribution is -2.37. The highest BCUT2D eigenvalue weighted by molar-refractivity contribution is 5.76. The Labute approximate surface area is 155 Å². The molecule has 138 valence electrons. The van der Waals surface area contributed by atoms with Gasteiger partial charge in [0, 0.05) is 26.6 Å². The molecular weight excluding hydrogens is 328 g/mol. The number of nitrogens with zero attached hydrogens (tertiary/aromatic N) is 1. The van der Waals surface area contributed by atoms with Crippen molar-refractivity contribution < 1.29 is 14.3 Å². The number of carbonyl (C=O) groups excluding carboxylic acids is 2. The van der Waals surface area contributed by atoms with Crippen molar-refractivity contribution in [2.24, 2.45) is 0 Å². The van der Waals surface area contributed by atoms with Crippen molar-refractivity contribution in [2.45, 2.75) is 26.8 Å². The summed E-state index contributed by atoms with van der Waals surface area (Å²) in [6.45, 7) is 5.36. The summed E-state index contributed by atoms with van der Waals surface area (Å²) in [5.74, 6) is 0.661. The molecule has 2 aromatic rings. The molecular formula is C21H26N2O3. The molecule has 26 heavy (non-hydrogen) atoms. The Kier molecular flexibility index (Phi) is 7.68. The normalized spacial score (nSPS) is 10.2. The zero-order valence-electron chi connectivity index (χ0n) is 15.4. The van der Waals surface area contributed by atoms with Crippen LogP contribution < -0.4 is 10.1 Å². The number of ether oxygens (including phenoxy) is 1. The van der Waals surface area contributed by atoms with E-state index in [1.54, 1.807) is 11.8 Å². The summed E-state index contributed by atoms with van der Waals surface area (Å²) >= 11 is 0. The van der Waals surface area contributed by atoms with E-state index in [0.717, 1.165) is 16.9 Å². The Bertz CT molecular complexity index is 716. The molecule has 2 rings (SSSR count). The van der Waals surface area contributed by atoms with Crippen LogP contribution >= 0.6 is 0 Å². The summed E-state index contributed by atoms with van der Waals surface area (Å²) in [5.41, 5.74) is 2.25. The molecule has 0 unspecified atom stereocenters. The van der Waals surface area contributed by atoms with E-state index in [1.807, 2.05) is 55.5 Å². The largest absolute Gasteiger partial charge is 0.493 e. The summed E-state index contributed by atoms with van der Waals surface area (Å²) in [6, 6.07) is 17.5. The zero-order valence-corrected chi connectivity index (χ0v) is 15.4.